The number of hydrogen-bond donors (Lipinski definition) is 1. The summed E-state index contributed by atoms with van der Waals surface area (Å²) in [6.07, 6.45) is -0.394. The Morgan fingerprint density at radius 1 is 1.42 bits per heavy atom. The van der Waals surface area contributed by atoms with Crippen LogP contribution in [0.3, 0.4) is 0 Å². The minimum Gasteiger partial charge on any atom is -0.481 e. The third-order valence-corrected chi connectivity index (χ3v) is 2.56. The summed E-state index contributed by atoms with van der Waals surface area (Å²) >= 11 is 0. The molecular weight excluding hydrogens is 251 g/mol. The highest BCUT2D eigenvalue weighted by Crippen LogP contribution is 2.13. The fourth-order valence-electron chi connectivity index (χ4n) is 1.51. The van der Waals surface area contributed by atoms with Crippen LogP contribution in [-0.4, -0.2) is 28.9 Å². The minimum absolute atomic E-state index is 0.000193. The highest BCUT2D eigenvalue weighted by molar-refractivity contribution is 5.80. The Morgan fingerprint density at radius 3 is 2.68 bits per heavy atom. The van der Waals surface area contributed by atoms with Crippen molar-refractivity contribution in [2.45, 2.75) is 19.4 Å². The van der Waals surface area contributed by atoms with E-state index >= 15 is 0 Å². The van der Waals surface area contributed by atoms with Crippen LogP contribution >= 0.6 is 0 Å². The van der Waals surface area contributed by atoms with Gasteiger partial charge in [-0.05, 0) is 18.2 Å². The molecule has 19 heavy (non-hydrogen) atoms. The Hall–Kier alpha value is -2.42. The second-order valence-corrected chi connectivity index (χ2v) is 4.06. The molecule has 1 aromatic rings. The molecule has 0 fully saturated rings. The zero-order valence-electron chi connectivity index (χ0n) is 10.4. The van der Waals surface area contributed by atoms with Gasteiger partial charge in [-0.25, -0.2) is 4.39 Å². The molecule has 100 valence electrons. The molecule has 1 rings (SSSR count). The van der Waals surface area contributed by atoms with Gasteiger partial charge in [-0.15, -0.1) is 0 Å². The Morgan fingerprint density at radius 2 is 2.11 bits per heavy atom. The second-order valence-electron chi connectivity index (χ2n) is 4.06. The lowest BCUT2D eigenvalue weighted by Gasteiger charge is -2.17. The third-order valence-electron chi connectivity index (χ3n) is 2.56. The summed E-state index contributed by atoms with van der Waals surface area (Å²) in [4.78, 5) is 23.2. The van der Waals surface area contributed by atoms with E-state index in [4.69, 9.17) is 10.4 Å². The predicted molar refractivity (Wildman–Crippen MR) is 64.5 cm³/mol. The van der Waals surface area contributed by atoms with Gasteiger partial charge in [0.1, 0.15) is 5.82 Å². The third kappa shape index (κ3) is 4.39. The maximum absolute atomic E-state index is 13.5. The first-order chi connectivity index (χ1) is 8.93. The molecule has 0 heterocycles. The lowest BCUT2D eigenvalue weighted by atomic mass is 10.1. The molecule has 0 aliphatic heterocycles. The first-order valence-electron chi connectivity index (χ1n) is 5.58. The van der Waals surface area contributed by atoms with Crippen LogP contribution < -0.4 is 0 Å². The summed E-state index contributed by atoms with van der Waals surface area (Å²) in [5.74, 6) is -1.94. The van der Waals surface area contributed by atoms with E-state index in [-0.39, 0.29) is 30.9 Å². The number of benzene rings is 1. The number of nitriles is 1. The van der Waals surface area contributed by atoms with Gasteiger partial charge in [0, 0.05) is 25.6 Å². The number of amides is 1. The molecule has 1 amide bonds. The number of nitrogens with zero attached hydrogens (tertiary/aromatic N) is 2. The first kappa shape index (κ1) is 14.6. The average Bonchev–Trinajstić information content (AvgIpc) is 2.38. The Labute approximate surface area is 109 Å². The van der Waals surface area contributed by atoms with Gasteiger partial charge >= 0.3 is 5.97 Å². The summed E-state index contributed by atoms with van der Waals surface area (Å²) in [7, 11) is 1.46. The molecule has 1 N–H and O–H groups in total. The maximum atomic E-state index is 13.5. The predicted octanol–water partition coefficient (Wildman–Crippen LogP) is 1.52. The molecule has 6 heteroatoms. The first-order valence-corrected chi connectivity index (χ1v) is 5.58. The molecule has 5 nitrogen and oxygen atoms in total. The zero-order chi connectivity index (χ0) is 14.4. The molecular formula is C13H13FN2O3. The summed E-state index contributed by atoms with van der Waals surface area (Å²) in [5.41, 5.74) is 0.535. The molecule has 0 radical (unpaired) electrons. The van der Waals surface area contributed by atoms with Gasteiger partial charge in [0.2, 0.25) is 5.91 Å². The van der Waals surface area contributed by atoms with Crippen molar-refractivity contribution in [3.63, 3.8) is 0 Å². The van der Waals surface area contributed by atoms with Crippen LogP contribution in [0.2, 0.25) is 0 Å². The number of rotatable bonds is 5. The zero-order valence-corrected chi connectivity index (χ0v) is 10.4. The lowest BCUT2D eigenvalue weighted by Crippen LogP contribution is -2.27. The van der Waals surface area contributed by atoms with Crippen molar-refractivity contribution in [1.29, 1.82) is 5.26 Å². The average molecular weight is 264 g/mol. The van der Waals surface area contributed by atoms with E-state index in [0.717, 1.165) is 0 Å². The van der Waals surface area contributed by atoms with E-state index < -0.39 is 11.8 Å². The molecule has 0 atom stereocenters. The SMILES string of the molecule is CN(Cc1cc(C#N)ccc1F)C(=O)CCC(=O)O. The van der Waals surface area contributed by atoms with E-state index in [1.807, 2.05) is 6.07 Å². The van der Waals surface area contributed by atoms with Crippen molar-refractivity contribution in [2.24, 2.45) is 0 Å². The van der Waals surface area contributed by atoms with E-state index in [1.54, 1.807) is 0 Å². The fraction of sp³-hybridized carbons (Fsp3) is 0.308. The number of carbonyl (C=O) groups is 2. The van der Waals surface area contributed by atoms with Crippen LogP contribution in [0, 0.1) is 17.1 Å². The molecule has 0 spiro atoms. The van der Waals surface area contributed by atoms with Crippen LogP contribution in [-0.2, 0) is 16.1 Å². The fourth-order valence-corrected chi connectivity index (χ4v) is 1.51. The summed E-state index contributed by atoms with van der Waals surface area (Å²) in [6, 6.07) is 5.78. The number of carbonyl (C=O) groups excluding carboxylic acids is 1. The molecule has 0 saturated heterocycles. The normalized spacial score (nSPS) is 9.74. The second kappa shape index (κ2) is 6.50. The highest BCUT2D eigenvalue weighted by Gasteiger charge is 2.13. The van der Waals surface area contributed by atoms with Crippen molar-refractivity contribution in [2.75, 3.05) is 7.05 Å². The monoisotopic (exact) mass is 264 g/mol. The van der Waals surface area contributed by atoms with Crippen LogP contribution in [0.25, 0.3) is 0 Å². The Balaban J connectivity index is 2.71. The van der Waals surface area contributed by atoms with Crippen LogP contribution in [0.5, 0.6) is 0 Å². The van der Waals surface area contributed by atoms with Crippen LogP contribution in [0.15, 0.2) is 18.2 Å². The Bertz CT molecular complexity index is 537. The summed E-state index contributed by atoms with van der Waals surface area (Å²) < 4.78 is 13.5. The van der Waals surface area contributed by atoms with Crippen LogP contribution in [0.1, 0.15) is 24.0 Å². The van der Waals surface area contributed by atoms with Gasteiger partial charge < -0.3 is 10.0 Å². The lowest BCUT2D eigenvalue weighted by molar-refractivity contribution is -0.140. The number of halogens is 1. The largest absolute Gasteiger partial charge is 0.481 e. The molecule has 0 aromatic heterocycles. The number of carboxylic acids is 1. The van der Waals surface area contributed by atoms with Crippen LogP contribution in [0.4, 0.5) is 4.39 Å². The minimum atomic E-state index is -1.06. The number of hydrogen-bond acceptors (Lipinski definition) is 3. The maximum Gasteiger partial charge on any atom is 0.303 e. The molecule has 0 aliphatic rings. The van der Waals surface area contributed by atoms with Gasteiger partial charge in [0.05, 0.1) is 18.1 Å². The van der Waals surface area contributed by atoms with Gasteiger partial charge in [0.15, 0.2) is 0 Å². The molecule has 0 aliphatic carbocycles. The van der Waals surface area contributed by atoms with Gasteiger partial charge in [-0.2, -0.15) is 5.26 Å². The topological polar surface area (TPSA) is 81.4 Å². The van der Waals surface area contributed by atoms with Crippen molar-refractivity contribution in [1.82, 2.24) is 4.90 Å². The quantitative estimate of drug-likeness (QED) is 0.874. The molecule has 1 aromatic carbocycles. The van der Waals surface area contributed by atoms with Crippen molar-refractivity contribution >= 4 is 11.9 Å². The summed E-state index contributed by atoms with van der Waals surface area (Å²) in [6.45, 7) is -0.000193. The standard InChI is InChI=1S/C13H13FN2O3/c1-16(12(17)4-5-13(18)19)8-10-6-9(7-15)2-3-11(10)14/h2-3,6H,4-5,8H2,1H3,(H,18,19). The molecule has 0 bridgehead atoms. The number of carboxylic acid groups (broad SMARTS) is 1. The molecule has 0 saturated carbocycles. The van der Waals surface area contributed by atoms with Crippen molar-refractivity contribution < 1.29 is 19.1 Å². The van der Waals surface area contributed by atoms with E-state index in [9.17, 15) is 14.0 Å². The highest BCUT2D eigenvalue weighted by atomic mass is 19.1. The van der Waals surface area contributed by atoms with Crippen molar-refractivity contribution in [3.05, 3.63) is 35.1 Å². The Kier molecular flexibility index (Phi) is 5.01. The molecule has 0 unspecified atom stereocenters. The number of aliphatic carboxylic acids is 1. The van der Waals surface area contributed by atoms with Gasteiger partial charge in [-0.3, -0.25) is 9.59 Å². The van der Waals surface area contributed by atoms with Gasteiger partial charge in [-0.1, -0.05) is 0 Å². The summed E-state index contributed by atoms with van der Waals surface area (Å²) in [5, 5.41) is 17.2. The van der Waals surface area contributed by atoms with Crippen molar-refractivity contribution in [3.8, 4) is 6.07 Å². The van der Waals surface area contributed by atoms with E-state index in [1.165, 1.54) is 30.1 Å². The smallest absolute Gasteiger partial charge is 0.303 e. The van der Waals surface area contributed by atoms with E-state index in [0.29, 0.717) is 5.56 Å². The van der Waals surface area contributed by atoms with E-state index in [2.05, 4.69) is 0 Å². The van der Waals surface area contributed by atoms with Gasteiger partial charge in [0.25, 0.3) is 0 Å².